The second kappa shape index (κ2) is 9.75. The van der Waals surface area contributed by atoms with Gasteiger partial charge in [0.2, 0.25) is 0 Å². The van der Waals surface area contributed by atoms with Crippen LogP contribution in [0.1, 0.15) is 37.4 Å². The van der Waals surface area contributed by atoms with Crippen LogP contribution in [0.4, 0.5) is 0 Å². The van der Waals surface area contributed by atoms with E-state index in [1.165, 1.54) is 0 Å². The van der Waals surface area contributed by atoms with Gasteiger partial charge < -0.3 is 9.47 Å². The molecule has 4 aromatic rings. The van der Waals surface area contributed by atoms with E-state index in [-0.39, 0.29) is 18.0 Å². The van der Waals surface area contributed by atoms with Crippen LogP contribution in [0.3, 0.4) is 0 Å². The van der Waals surface area contributed by atoms with Gasteiger partial charge in [-0.05, 0) is 42.8 Å². The van der Waals surface area contributed by atoms with Gasteiger partial charge in [0.15, 0.2) is 5.78 Å². The number of ether oxygens (including phenoxy) is 2. The van der Waals surface area contributed by atoms with Crippen LogP contribution in [0.2, 0.25) is 0 Å². The monoisotopic (exact) mass is 422 g/mol. The molecule has 4 aromatic carbocycles. The maximum absolute atomic E-state index is 13.0. The maximum atomic E-state index is 13.0. The molecule has 4 heteroatoms. The number of rotatable bonds is 7. The molecule has 0 spiro atoms. The van der Waals surface area contributed by atoms with Crippen LogP contribution in [-0.2, 0) is 11.3 Å². The fourth-order valence-electron chi connectivity index (χ4n) is 3.27. The number of esters is 1. The van der Waals surface area contributed by atoms with Gasteiger partial charge in [-0.25, -0.2) is 4.79 Å². The van der Waals surface area contributed by atoms with E-state index in [1.807, 2.05) is 73.7 Å². The number of hydrogen-bond donors (Lipinski definition) is 0. The first-order valence-corrected chi connectivity index (χ1v) is 10.3. The number of ketones is 1. The van der Waals surface area contributed by atoms with Crippen molar-refractivity contribution in [3.63, 3.8) is 0 Å². The molecular formula is C28H22O4. The number of carbonyl (C=O) groups excluding carboxylic acids is 2. The largest absolute Gasteiger partial charge is 0.457 e. The highest BCUT2D eigenvalue weighted by molar-refractivity contribution is 6.14. The SMILES string of the molecule is Cc1ccc(C(=O)c2ccccc2C(=O)OCc2cccc(Oc3ccccc3)c2)cc1. The molecule has 0 aliphatic carbocycles. The highest BCUT2D eigenvalue weighted by Gasteiger charge is 2.19. The van der Waals surface area contributed by atoms with Gasteiger partial charge >= 0.3 is 5.97 Å². The average molecular weight is 422 g/mol. The summed E-state index contributed by atoms with van der Waals surface area (Å²) in [4.78, 5) is 25.8. The van der Waals surface area contributed by atoms with Crippen LogP contribution in [-0.4, -0.2) is 11.8 Å². The zero-order chi connectivity index (χ0) is 22.3. The summed E-state index contributed by atoms with van der Waals surface area (Å²) >= 11 is 0. The van der Waals surface area contributed by atoms with E-state index >= 15 is 0 Å². The molecule has 0 atom stereocenters. The predicted molar refractivity (Wildman–Crippen MR) is 123 cm³/mol. The first kappa shape index (κ1) is 21.1. The Morgan fingerprint density at radius 2 is 1.34 bits per heavy atom. The van der Waals surface area contributed by atoms with Gasteiger partial charge in [0.05, 0.1) is 5.56 Å². The Morgan fingerprint density at radius 1 is 0.688 bits per heavy atom. The Morgan fingerprint density at radius 3 is 2.09 bits per heavy atom. The molecule has 0 aliphatic heterocycles. The van der Waals surface area contributed by atoms with E-state index in [2.05, 4.69) is 0 Å². The van der Waals surface area contributed by atoms with Crippen molar-refractivity contribution in [2.24, 2.45) is 0 Å². The summed E-state index contributed by atoms with van der Waals surface area (Å²) < 4.78 is 11.4. The molecule has 0 fully saturated rings. The minimum atomic E-state index is -0.546. The van der Waals surface area contributed by atoms with Gasteiger partial charge in [-0.15, -0.1) is 0 Å². The van der Waals surface area contributed by atoms with Crippen molar-refractivity contribution in [2.75, 3.05) is 0 Å². The number of para-hydroxylation sites is 1. The summed E-state index contributed by atoms with van der Waals surface area (Å²) in [6.45, 7) is 2.03. The van der Waals surface area contributed by atoms with E-state index in [1.54, 1.807) is 36.4 Å². The first-order valence-electron chi connectivity index (χ1n) is 10.3. The molecule has 0 aliphatic rings. The fraction of sp³-hybridized carbons (Fsp3) is 0.0714. The Balaban J connectivity index is 1.47. The molecule has 0 bridgehead atoms. The van der Waals surface area contributed by atoms with Gasteiger partial charge in [-0.1, -0.05) is 78.4 Å². The number of carbonyl (C=O) groups is 2. The molecule has 158 valence electrons. The van der Waals surface area contributed by atoms with E-state index < -0.39 is 5.97 Å². The topological polar surface area (TPSA) is 52.6 Å². The molecule has 0 saturated heterocycles. The average Bonchev–Trinajstić information content (AvgIpc) is 2.83. The van der Waals surface area contributed by atoms with Crippen molar-refractivity contribution in [3.8, 4) is 11.5 Å². The fourth-order valence-corrected chi connectivity index (χ4v) is 3.27. The Kier molecular flexibility index (Phi) is 6.42. The van der Waals surface area contributed by atoms with Gasteiger partial charge in [0, 0.05) is 11.1 Å². The molecular weight excluding hydrogens is 400 g/mol. The van der Waals surface area contributed by atoms with Gasteiger partial charge in [0.1, 0.15) is 18.1 Å². The predicted octanol–water partition coefficient (Wildman–Crippen LogP) is 6.38. The molecule has 0 heterocycles. The van der Waals surface area contributed by atoms with Crippen molar-refractivity contribution in [1.29, 1.82) is 0 Å². The highest BCUT2D eigenvalue weighted by Crippen LogP contribution is 2.23. The molecule has 4 nitrogen and oxygen atoms in total. The normalized spacial score (nSPS) is 10.4. The summed E-state index contributed by atoms with van der Waals surface area (Å²) in [6.07, 6.45) is 0. The van der Waals surface area contributed by atoms with Crippen molar-refractivity contribution < 1.29 is 19.1 Å². The van der Waals surface area contributed by atoms with Crippen LogP contribution in [0.25, 0.3) is 0 Å². The lowest BCUT2D eigenvalue weighted by Crippen LogP contribution is -2.12. The molecule has 0 saturated carbocycles. The third kappa shape index (κ3) is 5.10. The second-order valence-electron chi connectivity index (χ2n) is 7.38. The molecule has 0 amide bonds. The zero-order valence-corrected chi connectivity index (χ0v) is 17.7. The van der Waals surface area contributed by atoms with E-state index in [9.17, 15) is 9.59 Å². The summed E-state index contributed by atoms with van der Waals surface area (Å²) in [7, 11) is 0. The molecule has 32 heavy (non-hydrogen) atoms. The summed E-state index contributed by atoms with van der Waals surface area (Å²) in [5.41, 5.74) is 2.95. The number of hydrogen-bond acceptors (Lipinski definition) is 4. The van der Waals surface area contributed by atoms with Gasteiger partial charge in [-0.3, -0.25) is 4.79 Å². The van der Waals surface area contributed by atoms with Crippen LogP contribution in [0.15, 0.2) is 103 Å². The van der Waals surface area contributed by atoms with Crippen LogP contribution in [0.5, 0.6) is 11.5 Å². The summed E-state index contributed by atoms with van der Waals surface area (Å²) in [5, 5.41) is 0. The van der Waals surface area contributed by atoms with E-state index in [0.29, 0.717) is 16.9 Å². The lowest BCUT2D eigenvalue weighted by Gasteiger charge is -2.11. The third-order valence-corrected chi connectivity index (χ3v) is 4.95. The van der Waals surface area contributed by atoms with Crippen LogP contribution >= 0.6 is 0 Å². The Labute approximate surface area is 187 Å². The summed E-state index contributed by atoms with van der Waals surface area (Å²) in [5.74, 6) is 0.621. The quantitative estimate of drug-likeness (QED) is 0.256. The second-order valence-corrected chi connectivity index (χ2v) is 7.38. The van der Waals surface area contributed by atoms with Crippen molar-refractivity contribution in [1.82, 2.24) is 0 Å². The van der Waals surface area contributed by atoms with Crippen LogP contribution in [0, 0.1) is 6.92 Å². The molecule has 0 N–H and O–H groups in total. The molecule has 4 rings (SSSR count). The van der Waals surface area contributed by atoms with Crippen molar-refractivity contribution in [3.05, 3.63) is 131 Å². The standard InChI is InChI=1S/C28H22O4/c1-20-14-16-22(17-15-20)27(29)25-12-5-6-13-26(25)28(30)31-19-21-8-7-11-24(18-21)32-23-9-3-2-4-10-23/h2-18H,19H2,1H3. The van der Waals surface area contributed by atoms with Crippen molar-refractivity contribution in [2.45, 2.75) is 13.5 Å². The Hall–Kier alpha value is -4.18. The molecule has 0 aromatic heterocycles. The van der Waals surface area contributed by atoms with E-state index in [4.69, 9.17) is 9.47 Å². The number of aryl methyl sites for hydroxylation is 1. The molecule has 0 radical (unpaired) electrons. The van der Waals surface area contributed by atoms with Gasteiger partial charge in [-0.2, -0.15) is 0 Å². The van der Waals surface area contributed by atoms with Crippen LogP contribution < -0.4 is 4.74 Å². The minimum Gasteiger partial charge on any atom is -0.457 e. The minimum absolute atomic E-state index is 0.0673. The Bertz CT molecular complexity index is 1230. The lowest BCUT2D eigenvalue weighted by atomic mass is 9.98. The highest BCUT2D eigenvalue weighted by atomic mass is 16.5. The smallest absolute Gasteiger partial charge is 0.339 e. The maximum Gasteiger partial charge on any atom is 0.339 e. The third-order valence-electron chi connectivity index (χ3n) is 4.95. The zero-order valence-electron chi connectivity index (χ0n) is 17.7. The lowest BCUT2D eigenvalue weighted by molar-refractivity contribution is 0.0470. The first-order chi connectivity index (χ1) is 15.6. The van der Waals surface area contributed by atoms with Gasteiger partial charge in [0.25, 0.3) is 0 Å². The number of benzene rings is 4. The molecule has 0 unspecified atom stereocenters. The summed E-state index contributed by atoms with van der Waals surface area (Å²) in [6, 6.07) is 30.8. The van der Waals surface area contributed by atoms with E-state index in [0.717, 1.165) is 16.9 Å². The van der Waals surface area contributed by atoms with Crippen molar-refractivity contribution >= 4 is 11.8 Å².